The van der Waals surface area contributed by atoms with Gasteiger partial charge in [-0.2, -0.15) is 0 Å². The lowest BCUT2D eigenvalue weighted by molar-refractivity contribution is -0.113. The number of anilines is 1. The topological polar surface area (TPSA) is 78.3 Å². The summed E-state index contributed by atoms with van der Waals surface area (Å²) in [5, 5.41) is 12.6. The number of rotatable bonds is 9. The van der Waals surface area contributed by atoms with Crippen molar-refractivity contribution in [1.29, 1.82) is 0 Å². The molecule has 0 saturated heterocycles. The van der Waals surface area contributed by atoms with Crippen LogP contribution in [-0.2, 0) is 4.79 Å². The van der Waals surface area contributed by atoms with Gasteiger partial charge in [0, 0.05) is 12.1 Å². The van der Waals surface area contributed by atoms with E-state index < -0.39 is 0 Å². The largest absolute Gasteiger partial charge is 0.497 e. The Morgan fingerprint density at radius 2 is 1.87 bits per heavy atom. The molecule has 0 aliphatic rings. The zero-order valence-corrected chi connectivity index (χ0v) is 19.4. The predicted molar refractivity (Wildman–Crippen MR) is 123 cm³/mol. The third-order valence-electron chi connectivity index (χ3n) is 4.41. The molecular weight excluding hydrogens is 436 g/mol. The van der Waals surface area contributed by atoms with Crippen LogP contribution in [0.4, 0.5) is 5.69 Å². The van der Waals surface area contributed by atoms with Crippen molar-refractivity contribution in [3.8, 4) is 11.5 Å². The van der Waals surface area contributed by atoms with E-state index in [1.165, 1.54) is 11.8 Å². The summed E-state index contributed by atoms with van der Waals surface area (Å²) < 4.78 is 13.3. The van der Waals surface area contributed by atoms with Crippen LogP contribution in [0, 0.1) is 0 Å². The molecule has 1 aromatic heterocycles. The fourth-order valence-corrected chi connectivity index (χ4v) is 4.02. The summed E-state index contributed by atoms with van der Waals surface area (Å²) in [5.74, 6) is 2.10. The fourth-order valence-electron chi connectivity index (χ4n) is 2.96. The van der Waals surface area contributed by atoms with E-state index in [9.17, 15) is 4.79 Å². The van der Waals surface area contributed by atoms with Gasteiger partial charge in [-0.1, -0.05) is 41.6 Å². The Kier molecular flexibility index (Phi) is 7.81. The van der Waals surface area contributed by atoms with Gasteiger partial charge in [0.25, 0.3) is 0 Å². The molecule has 164 valence electrons. The first-order valence-corrected chi connectivity index (χ1v) is 11.2. The van der Waals surface area contributed by atoms with Gasteiger partial charge in [0.15, 0.2) is 17.1 Å². The summed E-state index contributed by atoms with van der Waals surface area (Å²) in [6, 6.07) is 14.6. The Morgan fingerprint density at radius 3 is 2.58 bits per heavy atom. The lowest BCUT2D eigenvalue weighted by atomic mass is 10.3. The number of para-hydroxylation sites is 1. The van der Waals surface area contributed by atoms with Crippen LogP contribution in [0.3, 0.4) is 0 Å². The molecule has 1 heterocycles. The van der Waals surface area contributed by atoms with Gasteiger partial charge in [-0.15, -0.1) is 10.2 Å². The van der Waals surface area contributed by atoms with Crippen molar-refractivity contribution in [1.82, 2.24) is 14.8 Å². The van der Waals surface area contributed by atoms with Gasteiger partial charge in [0.2, 0.25) is 5.91 Å². The Hall–Kier alpha value is -2.71. The molecule has 0 bridgehead atoms. The lowest BCUT2D eigenvalue weighted by Gasteiger charge is -2.19. The maximum Gasteiger partial charge on any atom is 0.234 e. The minimum absolute atomic E-state index is 0.0930. The van der Waals surface area contributed by atoms with Gasteiger partial charge < -0.3 is 19.4 Å². The van der Waals surface area contributed by atoms with E-state index >= 15 is 0 Å². The number of benzene rings is 2. The van der Waals surface area contributed by atoms with Crippen LogP contribution in [0.25, 0.3) is 0 Å². The molecule has 1 unspecified atom stereocenters. The second kappa shape index (κ2) is 10.5. The third-order valence-corrected chi connectivity index (χ3v) is 5.68. The number of methoxy groups -OCH3 is 1. The molecule has 0 fully saturated rings. The number of hydrogen-bond donors (Lipinski definition) is 1. The molecule has 31 heavy (non-hydrogen) atoms. The van der Waals surface area contributed by atoms with Crippen molar-refractivity contribution in [2.75, 3.05) is 18.2 Å². The quantitative estimate of drug-likeness (QED) is 0.431. The van der Waals surface area contributed by atoms with Gasteiger partial charge in [0.05, 0.1) is 23.6 Å². The van der Waals surface area contributed by atoms with Crippen molar-refractivity contribution in [2.24, 2.45) is 0 Å². The number of nitrogens with one attached hydrogen (secondary N) is 1. The van der Waals surface area contributed by atoms with E-state index in [-0.39, 0.29) is 23.8 Å². The molecular formula is C22H25ClN4O3S. The first-order valence-electron chi connectivity index (χ1n) is 9.81. The molecule has 1 amide bonds. The van der Waals surface area contributed by atoms with Gasteiger partial charge in [-0.05, 0) is 45.0 Å². The molecule has 0 aliphatic heterocycles. The highest BCUT2D eigenvalue weighted by Gasteiger charge is 2.22. The van der Waals surface area contributed by atoms with Crippen molar-refractivity contribution in [3.05, 3.63) is 59.4 Å². The third kappa shape index (κ3) is 5.92. The molecule has 9 heteroatoms. The highest BCUT2D eigenvalue weighted by atomic mass is 35.5. The van der Waals surface area contributed by atoms with Crippen LogP contribution in [0.2, 0.25) is 5.02 Å². The number of hydrogen-bond acceptors (Lipinski definition) is 6. The molecule has 3 aromatic rings. The minimum Gasteiger partial charge on any atom is -0.497 e. The molecule has 0 aliphatic carbocycles. The molecule has 2 aromatic carbocycles. The number of halogens is 1. The number of thioether (sulfide) groups is 1. The highest BCUT2D eigenvalue weighted by molar-refractivity contribution is 7.99. The highest BCUT2D eigenvalue weighted by Crippen LogP contribution is 2.29. The van der Waals surface area contributed by atoms with E-state index in [0.717, 1.165) is 5.75 Å². The van der Waals surface area contributed by atoms with Crippen LogP contribution in [0.15, 0.2) is 53.7 Å². The Bertz CT molecular complexity index is 1040. The molecule has 0 radical (unpaired) electrons. The Balaban J connectivity index is 1.69. The van der Waals surface area contributed by atoms with Gasteiger partial charge in [-0.3, -0.25) is 4.79 Å². The average molecular weight is 461 g/mol. The second-order valence-electron chi connectivity index (χ2n) is 7.06. The van der Waals surface area contributed by atoms with Crippen LogP contribution >= 0.6 is 23.4 Å². The number of nitrogens with zero attached hydrogens (tertiary/aromatic N) is 3. The zero-order chi connectivity index (χ0) is 22.4. The summed E-state index contributed by atoms with van der Waals surface area (Å²) in [4.78, 5) is 12.4. The summed E-state index contributed by atoms with van der Waals surface area (Å²) in [5.41, 5.74) is 0.584. The SMILES string of the molecule is COc1cccc(OC(C)c2nnc(SCC(=O)Nc3ccccc3Cl)n2C(C)C)c1. The number of amides is 1. The summed E-state index contributed by atoms with van der Waals surface area (Å²) >= 11 is 7.42. The fraction of sp³-hybridized carbons (Fsp3) is 0.318. The van der Waals surface area contributed by atoms with E-state index in [4.69, 9.17) is 21.1 Å². The van der Waals surface area contributed by atoms with Gasteiger partial charge >= 0.3 is 0 Å². The van der Waals surface area contributed by atoms with E-state index in [1.54, 1.807) is 19.2 Å². The van der Waals surface area contributed by atoms with Crippen LogP contribution in [0.5, 0.6) is 11.5 Å². The van der Waals surface area contributed by atoms with Gasteiger partial charge in [-0.25, -0.2) is 0 Å². The maximum absolute atomic E-state index is 12.4. The lowest BCUT2D eigenvalue weighted by Crippen LogP contribution is -2.16. The minimum atomic E-state index is -0.340. The number of carbonyl (C=O) groups excluding carboxylic acids is 1. The number of aromatic nitrogens is 3. The van der Waals surface area contributed by atoms with E-state index in [1.807, 2.05) is 61.7 Å². The van der Waals surface area contributed by atoms with E-state index in [2.05, 4.69) is 15.5 Å². The number of carbonyl (C=O) groups is 1. The summed E-state index contributed by atoms with van der Waals surface area (Å²) in [7, 11) is 1.61. The summed E-state index contributed by atoms with van der Waals surface area (Å²) in [6.07, 6.45) is -0.340. The van der Waals surface area contributed by atoms with Crippen molar-refractivity contribution >= 4 is 35.0 Å². The van der Waals surface area contributed by atoms with Crippen LogP contribution in [0.1, 0.15) is 38.7 Å². The average Bonchev–Trinajstić information content (AvgIpc) is 3.18. The van der Waals surface area contributed by atoms with E-state index in [0.29, 0.717) is 27.4 Å². The molecule has 3 rings (SSSR count). The normalized spacial score (nSPS) is 11.9. The Morgan fingerprint density at radius 1 is 1.13 bits per heavy atom. The molecule has 0 spiro atoms. The maximum atomic E-state index is 12.4. The van der Waals surface area contributed by atoms with Crippen molar-refractivity contribution < 1.29 is 14.3 Å². The zero-order valence-electron chi connectivity index (χ0n) is 17.8. The van der Waals surface area contributed by atoms with Gasteiger partial charge in [0.1, 0.15) is 11.5 Å². The second-order valence-corrected chi connectivity index (χ2v) is 8.41. The predicted octanol–water partition coefficient (Wildman–Crippen LogP) is 5.39. The van der Waals surface area contributed by atoms with Crippen LogP contribution < -0.4 is 14.8 Å². The van der Waals surface area contributed by atoms with Crippen molar-refractivity contribution in [3.63, 3.8) is 0 Å². The first kappa shape index (κ1) is 23.0. The summed E-state index contributed by atoms with van der Waals surface area (Å²) in [6.45, 7) is 6.00. The molecule has 7 nitrogen and oxygen atoms in total. The first-order chi connectivity index (χ1) is 14.9. The van der Waals surface area contributed by atoms with Crippen molar-refractivity contribution in [2.45, 2.75) is 38.1 Å². The molecule has 0 saturated carbocycles. The standard InChI is InChI=1S/C22H25ClN4O3S/c1-14(2)27-21(15(3)30-17-9-7-8-16(12-17)29-4)25-26-22(27)31-13-20(28)24-19-11-6-5-10-18(19)23/h5-12,14-15H,13H2,1-4H3,(H,24,28). The molecule has 1 N–H and O–H groups in total. The Labute approximate surface area is 191 Å². The number of ether oxygens (including phenoxy) is 2. The monoisotopic (exact) mass is 460 g/mol. The molecule has 1 atom stereocenters. The van der Waals surface area contributed by atoms with Crippen LogP contribution in [-0.4, -0.2) is 33.5 Å². The smallest absolute Gasteiger partial charge is 0.234 e.